The second-order valence-corrected chi connectivity index (χ2v) is 12.0. The summed E-state index contributed by atoms with van der Waals surface area (Å²) in [5, 5.41) is 6.71. The summed E-state index contributed by atoms with van der Waals surface area (Å²) in [6.07, 6.45) is -0.560. The van der Waals surface area contributed by atoms with E-state index in [0.717, 1.165) is 16.0 Å². The van der Waals surface area contributed by atoms with E-state index in [0.29, 0.717) is 29.2 Å². The zero-order chi connectivity index (χ0) is 34.9. The van der Waals surface area contributed by atoms with E-state index in [1.54, 1.807) is 24.3 Å². The number of halogens is 2. The summed E-state index contributed by atoms with van der Waals surface area (Å²) in [5.41, 5.74) is 3.44. The predicted octanol–water partition coefficient (Wildman–Crippen LogP) is 9.32. The number of nitrogens with one attached hydrogen (secondary N) is 1. The summed E-state index contributed by atoms with van der Waals surface area (Å²) in [7, 11) is 0. The van der Waals surface area contributed by atoms with Gasteiger partial charge in [-0.3, -0.25) is 4.79 Å². The number of anilines is 1. The molecule has 2 amide bonds. The molecular weight excluding hydrogens is 640 g/mol. The molecule has 1 heterocycles. The average Bonchev–Trinajstić information content (AvgIpc) is 3.55. The van der Waals surface area contributed by atoms with Gasteiger partial charge in [0.25, 0.3) is 0 Å². The van der Waals surface area contributed by atoms with Crippen molar-refractivity contribution in [3.05, 3.63) is 172 Å². The lowest BCUT2D eigenvalue weighted by molar-refractivity contribution is -0.134. The van der Waals surface area contributed by atoms with E-state index >= 15 is 0 Å². The fraction of sp³-hybridized carbons (Fsp3) is 0.200. The molecule has 0 radical (unpaired) electrons. The fourth-order valence-electron chi connectivity index (χ4n) is 6.15. The molecule has 0 saturated carbocycles. The van der Waals surface area contributed by atoms with Gasteiger partial charge in [-0.05, 0) is 83.6 Å². The monoisotopic (exact) mass is 675 g/mol. The molecule has 1 saturated heterocycles. The van der Waals surface area contributed by atoms with Gasteiger partial charge in [0.2, 0.25) is 5.91 Å². The quantitative estimate of drug-likeness (QED) is 0.118. The number of rotatable bonds is 14. The van der Waals surface area contributed by atoms with Gasteiger partial charge in [-0.2, -0.15) is 4.91 Å². The van der Waals surface area contributed by atoms with Crippen LogP contribution in [0.5, 0.6) is 5.75 Å². The van der Waals surface area contributed by atoms with Crippen LogP contribution in [-0.4, -0.2) is 23.5 Å². The Kier molecular flexibility index (Phi) is 10.9. The van der Waals surface area contributed by atoms with Crippen LogP contribution in [-0.2, 0) is 16.1 Å². The third-order valence-corrected chi connectivity index (χ3v) is 8.80. The highest BCUT2D eigenvalue weighted by Crippen LogP contribution is 2.38. The third-order valence-electron chi connectivity index (χ3n) is 8.80. The van der Waals surface area contributed by atoms with Crippen molar-refractivity contribution in [2.45, 2.75) is 37.6 Å². The first-order chi connectivity index (χ1) is 24.4. The van der Waals surface area contributed by atoms with Crippen LogP contribution in [0.15, 0.2) is 139 Å². The zero-order valence-electron chi connectivity index (χ0n) is 27.0. The number of hydrogen-bond donors (Lipinski definition) is 1. The van der Waals surface area contributed by atoms with Gasteiger partial charge < -0.3 is 14.8 Å². The van der Waals surface area contributed by atoms with E-state index in [-0.39, 0.29) is 19.4 Å². The Morgan fingerprint density at radius 3 is 2.04 bits per heavy atom. The fourth-order valence-corrected chi connectivity index (χ4v) is 6.15. The van der Waals surface area contributed by atoms with E-state index in [1.165, 1.54) is 36.4 Å². The molecule has 50 heavy (non-hydrogen) atoms. The molecule has 8 nitrogen and oxygen atoms in total. The van der Waals surface area contributed by atoms with Gasteiger partial charge in [-0.25, -0.2) is 18.5 Å². The van der Waals surface area contributed by atoms with E-state index < -0.39 is 47.7 Å². The molecule has 0 aromatic heterocycles. The first kappa shape index (κ1) is 34.0. The van der Waals surface area contributed by atoms with Crippen molar-refractivity contribution < 1.29 is 27.8 Å². The van der Waals surface area contributed by atoms with Crippen LogP contribution >= 0.6 is 0 Å². The Morgan fingerprint density at radius 1 is 0.800 bits per heavy atom. The van der Waals surface area contributed by atoms with Crippen LogP contribution in [0.25, 0.3) is 0 Å². The van der Waals surface area contributed by atoms with Gasteiger partial charge >= 0.3 is 6.09 Å². The number of ether oxygens (including phenoxy) is 2. The van der Waals surface area contributed by atoms with Gasteiger partial charge in [0.1, 0.15) is 42.7 Å². The lowest BCUT2D eigenvalue weighted by Crippen LogP contribution is -2.42. The van der Waals surface area contributed by atoms with Gasteiger partial charge in [0.05, 0.1) is 12.0 Å². The number of carbonyl (C=O) groups excluding carboxylic acids is 2. The van der Waals surface area contributed by atoms with Crippen molar-refractivity contribution in [3.8, 4) is 5.75 Å². The van der Waals surface area contributed by atoms with Crippen molar-refractivity contribution in [2.24, 2.45) is 11.1 Å². The average molecular weight is 676 g/mol. The maximum absolute atomic E-state index is 14.7. The third kappa shape index (κ3) is 8.20. The topological polar surface area (TPSA) is 97.3 Å². The van der Waals surface area contributed by atoms with Crippen molar-refractivity contribution >= 4 is 17.7 Å². The van der Waals surface area contributed by atoms with Gasteiger partial charge in [0, 0.05) is 5.69 Å². The van der Waals surface area contributed by atoms with Crippen molar-refractivity contribution in [1.82, 2.24) is 4.90 Å². The summed E-state index contributed by atoms with van der Waals surface area (Å²) in [4.78, 5) is 41.2. The van der Waals surface area contributed by atoms with Crippen molar-refractivity contribution in [2.75, 3.05) is 11.9 Å². The summed E-state index contributed by atoms with van der Waals surface area (Å²) in [6.45, 7) is 0.346. The molecular formula is C40H35F2N3O5. The standard InChI is InChI=1S/C40H35F2N3O5/c41-31-15-11-28(12-16-31)36(44-48)24-23-35(39(46)45-37(26-50-40(45)47)29-9-5-2-6-10-29)38(43-33-19-17-32(42)18-20-33)30-13-21-34(22-14-30)49-25-27-7-3-1-4-8-27/h1-22,35-38,43H,23-26H2. The summed E-state index contributed by atoms with van der Waals surface area (Å²) in [5.74, 6) is -1.74. The molecule has 0 aliphatic carbocycles. The normalized spacial score (nSPS) is 15.8. The van der Waals surface area contributed by atoms with Gasteiger partial charge in [0.15, 0.2) is 0 Å². The minimum atomic E-state index is -0.947. The predicted molar refractivity (Wildman–Crippen MR) is 185 cm³/mol. The number of imide groups is 1. The first-order valence-electron chi connectivity index (χ1n) is 16.3. The second kappa shape index (κ2) is 16.0. The molecule has 6 rings (SSSR count). The SMILES string of the molecule is O=NC(CCC(C(=O)N1C(=O)OCC1c1ccccc1)C(Nc1ccc(F)cc1)c1ccc(OCc2ccccc2)cc1)c1ccc(F)cc1. The molecule has 4 atom stereocenters. The van der Waals surface area contributed by atoms with Crippen LogP contribution in [0, 0.1) is 22.5 Å². The molecule has 1 fully saturated rings. The van der Waals surface area contributed by atoms with Crippen LogP contribution in [0.3, 0.4) is 0 Å². The van der Waals surface area contributed by atoms with Crippen LogP contribution in [0.1, 0.15) is 53.2 Å². The number of cyclic esters (lactones) is 1. The largest absolute Gasteiger partial charge is 0.489 e. The molecule has 0 spiro atoms. The highest BCUT2D eigenvalue weighted by Gasteiger charge is 2.44. The summed E-state index contributed by atoms with van der Waals surface area (Å²) in [6, 6.07) is 35.0. The highest BCUT2D eigenvalue weighted by atomic mass is 19.1. The number of amides is 2. The van der Waals surface area contributed by atoms with Crippen molar-refractivity contribution in [3.63, 3.8) is 0 Å². The molecule has 5 aromatic carbocycles. The van der Waals surface area contributed by atoms with Gasteiger partial charge in [-0.1, -0.05) is 90.1 Å². The summed E-state index contributed by atoms with van der Waals surface area (Å²) >= 11 is 0. The van der Waals surface area contributed by atoms with E-state index in [1.807, 2.05) is 72.8 Å². The number of carbonyl (C=O) groups is 2. The van der Waals surface area contributed by atoms with E-state index in [4.69, 9.17) is 9.47 Å². The lowest BCUT2D eigenvalue weighted by Gasteiger charge is -2.32. The Balaban J connectivity index is 1.36. The maximum atomic E-state index is 14.7. The number of benzene rings is 5. The molecule has 1 aliphatic rings. The minimum Gasteiger partial charge on any atom is -0.489 e. The van der Waals surface area contributed by atoms with Crippen molar-refractivity contribution in [1.29, 1.82) is 0 Å². The second-order valence-electron chi connectivity index (χ2n) is 12.0. The first-order valence-corrected chi connectivity index (χ1v) is 16.3. The number of nitrogens with zero attached hydrogens (tertiary/aromatic N) is 2. The highest BCUT2D eigenvalue weighted by molar-refractivity contribution is 5.95. The smallest absolute Gasteiger partial charge is 0.417 e. The maximum Gasteiger partial charge on any atom is 0.417 e. The van der Waals surface area contributed by atoms with E-state index in [9.17, 15) is 23.3 Å². The Bertz CT molecular complexity index is 1880. The molecule has 5 aromatic rings. The van der Waals surface area contributed by atoms with Crippen LogP contribution in [0.4, 0.5) is 19.3 Å². The molecule has 10 heteroatoms. The van der Waals surface area contributed by atoms with Crippen LogP contribution < -0.4 is 10.1 Å². The number of nitroso groups, excluding NO2 is 1. The molecule has 1 N–H and O–H groups in total. The Labute approximate surface area is 288 Å². The molecule has 0 bridgehead atoms. The lowest BCUT2D eigenvalue weighted by atomic mass is 9.85. The van der Waals surface area contributed by atoms with Crippen LogP contribution in [0.2, 0.25) is 0 Å². The van der Waals surface area contributed by atoms with E-state index in [2.05, 4.69) is 10.5 Å². The van der Waals surface area contributed by atoms with Gasteiger partial charge in [-0.15, -0.1) is 0 Å². The molecule has 1 aliphatic heterocycles. The zero-order valence-corrected chi connectivity index (χ0v) is 27.0. The molecule has 4 unspecified atom stereocenters. The summed E-state index contributed by atoms with van der Waals surface area (Å²) < 4.78 is 39.1. The molecule has 254 valence electrons. The Morgan fingerprint density at radius 2 is 1.40 bits per heavy atom. The Hall–Kier alpha value is -5.90. The number of hydrogen-bond acceptors (Lipinski definition) is 7. The minimum absolute atomic E-state index is 0.0150.